The summed E-state index contributed by atoms with van der Waals surface area (Å²) < 4.78 is 7.50. The van der Waals surface area contributed by atoms with Gasteiger partial charge in [0, 0.05) is 38.7 Å². The lowest BCUT2D eigenvalue weighted by Gasteiger charge is -2.30. The molecular weight excluding hydrogens is 489 g/mol. The van der Waals surface area contributed by atoms with Crippen LogP contribution >= 0.6 is 24.0 Å². The molecule has 166 valence electrons. The third kappa shape index (κ3) is 7.27. The van der Waals surface area contributed by atoms with Gasteiger partial charge in [0.25, 0.3) is 0 Å². The van der Waals surface area contributed by atoms with Crippen molar-refractivity contribution in [3.8, 4) is 5.69 Å². The lowest BCUT2D eigenvalue weighted by Crippen LogP contribution is -2.43. The normalized spacial score (nSPS) is 15.6. The van der Waals surface area contributed by atoms with E-state index in [1.807, 2.05) is 16.9 Å². The molecule has 1 aromatic carbocycles. The van der Waals surface area contributed by atoms with Crippen LogP contribution in [-0.2, 0) is 11.3 Å². The van der Waals surface area contributed by atoms with Gasteiger partial charge in [0.2, 0.25) is 0 Å². The highest BCUT2D eigenvalue weighted by Crippen LogP contribution is 2.40. The van der Waals surface area contributed by atoms with Gasteiger partial charge >= 0.3 is 0 Å². The highest BCUT2D eigenvalue weighted by molar-refractivity contribution is 14.0. The summed E-state index contributed by atoms with van der Waals surface area (Å²) in [6, 6.07) is 10.3. The summed E-state index contributed by atoms with van der Waals surface area (Å²) in [4.78, 5) is 4.81. The number of rotatable bonds is 10. The number of aromatic nitrogens is 2. The highest BCUT2D eigenvalue weighted by atomic mass is 127. The largest absolute Gasteiger partial charge is 0.382 e. The molecule has 1 fully saturated rings. The van der Waals surface area contributed by atoms with Crippen LogP contribution in [0, 0.1) is 5.41 Å². The van der Waals surface area contributed by atoms with E-state index in [0.717, 1.165) is 44.4 Å². The first kappa shape index (κ1) is 24.7. The number of guanidine groups is 1. The quantitative estimate of drug-likeness (QED) is 0.207. The SMILES string of the molecule is CCNC(=NCc1ccc(-n2cccn2)cc1)NCC1(CCOCC)CCCC1.I. The molecule has 2 aromatic rings. The van der Waals surface area contributed by atoms with E-state index in [2.05, 4.69) is 53.8 Å². The molecule has 6 nitrogen and oxygen atoms in total. The molecule has 0 spiro atoms. The Labute approximate surface area is 197 Å². The Bertz CT molecular complexity index is 739. The summed E-state index contributed by atoms with van der Waals surface area (Å²) in [6.07, 6.45) is 10.1. The molecule has 1 heterocycles. The molecule has 3 rings (SSSR count). The van der Waals surface area contributed by atoms with Crippen molar-refractivity contribution in [1.82, 2.24) is 20.4 Å². The van der Waals surface area contributed by atoms with Crippen molar-refractivity contribution in [1.29, 1.82) is 0 Å². The maximum absolute atomic E-state index is 5.64. The molecule has 1 saturated carbocycles. The number of halogens is 1. The van der Waals surface area contributed by atoms with Crippen molar-refractivity contribution in [3.63, 3.8) is 0 Å². The zero-order chi connectivity index (χ0) is 20.4. The van der Waals surface area contributed by atoms with Crippen LogP contribution in [0.15, 0.2) is 47.7 Å². The Hall–Kier alpha value is -1.61. The minimum atomic E-state index is 0. The number of benzene rings is 1. The van der Waals surface area contributed by atoms with E-state index in [-0.39, 0.29) is 24.0 Å². The monoisotopic (exact) mass is 525 g/mol. The standard InChI is InChI=1S/C23H35N5O.HI/c1-3-24-22(26-19-23(12-5-6-13-23)14-17-29-4-2)25-18-20-8-10-21(11-9-20)28-16-7-15-27-28;/h7-11,15-16H,3-6,12-14,17-19H2,1-2H3,(H2,24,25,26);1H. The average Bonchev–Trinajstić information content (AvgIpc) is 3.44. The summed E-state index contributed by atoms with van der Waals surface area (Å²) in [5.41, 5.74) is 2.59. The van der Waals surface area contributed by atoms with Gasteiger partial charge in [0.05, 0.1) is 12.2 Å². The molecule has 1 aromatic heterocycles. The van der Waals surface area contributed by atoms with Crippen molar-refractivity contribution in [3.05, 3.63) is 48.3 Å². The zero-order valence-electron chi connectivity index (χ0n) is 18.3. The van der Waals surface area contributed by atoms with E-state index in [0.29, 0.717) is 12.0 Å². The summed E-state index contributed by atoms with van der Waals surface area (Å²) in [5, 5.41) is 11.3. The first-order chi connectivity index (χ1) is 14.2. The predicted octanol–water partition coefficient (Wildman–Crippen LogP) is 4.53. The third-order valence-corrected chi connectivity index (χ3v) is 5.75. The summed E-state index contributed by atoms with van der Waals surface area (Å²) in [6.45, 7) is 8.30. The molecule has 0 atom stereocenters. The summed E-state index contributed by atoms with van der Waals surface area (Å²) >= 11 is 0. The fourth-order valence-electron chi connectivity index (χ4n) is 4.03. The summed E-state index contributed by atoms with van der Waals surface area (Å²) in [5.74, 6) is 0.895. The van der Waals surface area contributed by atoms with Gasteiger partial charge in [0.1, 0.15) is 0 Å². The third-order valence-electron chi connectivity index (χ3n) is 5.75. The maximum atomic E-state index is 5.64. The Morgan fingerprint density at radius 2 is 1.93 bits per heavy atom. The molecule has 7 heteroatoms. The molecule has 0 unspecified atom stereocenters. The van der Waals surface area contributed by atoms with Gasteiger partial charge in [-0.3, -0.25) is 0 Å². The molecule has 30 heavy (non-hydrogen) atoms. The fraction of sp³-hybridized carbons (Fsp3) is 0.565. The Morgan fingerprint density at radius 1 is 1.17 bits per heavy atom. The second-order valence-electron chi connectivity index (χ2n) is 7.82. The lowest BCUT2D eigenvalue weighted by molar-refractivity contribution is 0.105. The van der Waals surface area contributed by atoms with Crippen molar-refractivity contribution < 1.29 is 4.74 Å². The van der Waals surface area contributed by atoms with E-state index in [1.165, 1.54) is 31.2 Å². The molecular formula is C23H36IN5O. The Balaban J connectivity index is 0.00000320. The van der Waals surface area contributed by atoms with Crippen LogP contribution in [0.3, 0.4) is 0 Å². The molecule has 0 bridgehead atoms. The van der Waals surface area contributed by atoms with E-state index in [4.69, 9.17) is 9.73 Å². The molecule has 0 aliphatic heterocycles. The summed E-state index contributed by atoms with van der Waals surface area (Å²) in [7, 11) is 0. The van der Waals surface area contributed by atoms with Crippen molar-refractivity contribution in [2.24, 2.45) is 10.4 Å². The van der Waals surface area contributed by atoms with E-state index < -0.39 is 0 Å². The second-order valence-corrected chi connectivity index (χ2v) is 7.82. The van der Waals surface area contributed by atoms with Crippen LogP contribution in [0.1, 0.15) is 51.5 Å². The first-order valence-electron chi connectivity index (χ1n) is 10.9. The molecule has 1 aliphatic carbocycles. The van der Waals surface area contributed by atoms with Gasteiger partial charge in [-0.1, -0.05) is 25.0 Å². The van der Waals surface area contributed by atoms with Crippen molar-refractivity contribution in [2.45, 2.75) is 52.5 Å². The second kappa shape index (κ2) is 12.9. The van der Waals surface area contributed by atoms with Crippen LogP contribution < -0.4 is 10.6 Å². The number of nitrogens with one attached hydrogen (secondary N) is 2. The zero-order valence-corrected chi connectivity index (χ0v) is 20.6. The maximum Gasteiger partial charge on any atom is 0.191 e. The topological polar surface area (TPSA) is 63.5 Å². The van der Waals surface area contributed by atoms with Crippen molar-refractivity contribution >= 4 is 29.9 Å². The number of nitrogens with zero attached hydrogens (tertiary/aromatic N) is 3. The van der Waals surface area contributed by atoms with Gasteiger partial charge in [-0.15, -0.1) is 24.0 Å². The highest BCUT2D eigenvalue weighted by Gasteiger charge is 2.33. The molecule has 2 N–H and O–H groups in total. The molecule has 0 amide bonds. The molecule has 0 radical (unpaired) electrons. The van der Waals surface area contributed by atoms with Gasteiger partial charge in [-0.05, 0) is 62.3 Å². The lowest BCUT2D eigenvalue weighted by atomic mass is 9.83. The van der Waals surface area contributed by atoms with Crippen LogP contribution in [-0.4, -0.2) is 42.0 Å². The number of hydrogen-bond acceptors (Lipinski definition) is 3. The minimum Gasteiger partial charge on any atom is -0.382 e. The molecule has 1 aliphatic rings. The fourth-order valence-corrected chi connectivity index (χ4v) is 4.03. The van der Waals surface area contributed by atoms with Crippen LogP contribution in [0.4, 0.5) is 0 Å². The van der Waals surface area contributed by atoms with Crippen LogP contribution in [0.2, 0.25) is 0 Å². The van der Waals surface area contributed by atoms with Crippen molar-refractivity contribution in [2.75, 3.05) is 26.3 Å². The number of aliphatic imine (C=N–C) groups is 1. The minimum absolute atomic E-state index is 0. The predicted molar refractivity (Wildman–Crippen MR) is 134 cm³/mol. The van der Waals surface area contributed by atoms with Gasteiger partial charge in [-0.2, -0.15) is 5.10 Å². The number of ether oxygens (including phenoxy) is 1. The number of hydrogen-bond donors (Lipinski definition) is 2. The van der Waals surface area contributed by atoms with Gasteiger partial charge in [-0.25, -0.2) is 9.67 Å². The van der Waals surface area contributed by atoms with Gasteiger partial charge in [0.15, 0.2) is 5.96 Å². The average molecular weight is 525 g/mol. The first-order valence-corrected chi connectivity index (χ1v) is 10.9. The molecule has 0 saturated heterocycles. The van der Waals surface area contributed by atoms with E-state index >= 15 is 0 Å². The van der Waals surface area contributed by atoms with Gasteiger partial charge < -0.3 is 15.4 Å². The Kier molecular flexibility index (Phi) is 10.6. The van der Waals surface area contributed by atoms with E-state index in [9.17, 15) is 0 Å². The smallest absolute Gasteiger partial charge is 0.191 e. The van der Waals surface area contributed by atoms with E-state index in [1.54, 1.807) is 6.20 Å². The van der Waals surface area contributed by atoms with Crippen LogP contribution in [0.25, 0.3) is 5.69 Å². The van der Waals surface area contributed by atoms with Crippen LogP contribution in [0.5, 0.6) is 0 Å². The Morgan fingerprint density at radius 3 is 2.57 bits per heavy atom.